The minimum Gasteiger partial charge on any atom is -0.423 e. The minimum atomic E-state index is -7.46. The first-order chi connectivity index (χ1) is 17.8. The summed E-state index contributed by atoms with van der Waals surface area (Å²) in [5, 5.41) is 0. The number of esters is 1. The molecular formula is C25H28F12O2. The molecule has 1 saturated carbocycles. The molecule has 14 heteroatoms. The summed E-state index contributed by atoms with van der Waals surface area (Å²) in [6.45, 7) is 2.06. The Kier molecular flexibility index (Phi) is 10.3. The van der Waals surface area contributed by atoms with Crippen LogP contribution in [-0.4, -0.2) is 35.8 Å². The van der Waals surface area contributed by atoms with E-state index in [1.807, 2.05) is 0 Å². The average molecular weight is 588 g/mol. The molecule has 0 spiro atoms. The molecular weight excluding hydrogens is 560 g/mol. The van der Waals surface area contributed by atoms with Crippen LogP contribution in [0.5, 0.6) is 5.75 Å². The summed E-state index contributed by atoms with van der Waals surface area (Å²) in [6, 6.07) is 3.85. The molecule has 0 radical (unpaired) electrons. The van der Waals surface area contributed by atoms with Gasteiger partial charge < -0.3 is 4.74 Å². The fraction of sp³-hybridized carbons (Fsp3) is 0.720. The standard InChI is InChI=1S/C25H28F12O2/c1-2-3-4-5-6-7-15-8-13-19(18(26)14-15)39-20(38)16-9-11-17(12-10-16)21(27,28)22(29,30)23(31,32)24(33,34)25(35,36)37/h8,13-14,16-17H,2-7,9-12H2,1H3/t16-,17-. The van der Waals surface area contributed by atoms with Crippen LogP contribution in [0.3, 0.4) is 0 Å². The fourth-order valence-corrected chi connectivity index (χ4v) is 4.44. The van der Waals surface area contributed by atoms with Gasteiger partial charge in [0.05, 0.1) is 5.92 Å². The van der Waals surface area contributed by atoms with Crippen molar-refractivity contribution in [1.82, 2.24) is 0 Å². The Morgan fingerprint density at radius 2 is 1.36 bits per heavy atom. The molecule has 2 rings (SSSR count). The minimum absolute atomic E-state index is 0.484. The Morgan fingerprint density at radius 3 is 1.87 bits per heavy atom. The number of carbonyl (C=O) groups excluding carboxylic acids is 1. The maximum Gasteiger partial charge on any atom is 0.460 e. The lowest BCUT2D eigenvalue weighted by Gasteiger charge is -2.41. The van der Waals surface area contributed by atoms with Crippen LogP contribution in [0.1, 0.15) is 70.3 Å². The van der Waals surface area contributed by atoms with E-state index in [1.165, 1.54) is 12.1 Å². The maximum atomic E-state index is 14.4. The summed E-state index contributed by atoms with van der Waals surface area (Å²) >= 11 is 0. The predicted octanol–water partition coefficient (Wildman–Crippen LogP) is 9.15. The van der Waals surface area contributed by atoms with E-state index in [-0.39, 0.29) is 0 Å². The number of hydrogen-bond acceptors (Lipinski definition) is 2. The largest absolute Gasteiger partial charge is 0.460 e. The Labute approximate surface area is 217 Å². The highest BCUT2D eigenvalue weighted by Crippen LogP contribution is 2.60. The van der Waals surface area contributed by atoms with Gasteiger partial charge in [-0.25, -0.2) is 4.39 Å². The molecule has 0 heterocycles. The van der Waals surface area contributed by atoms with Gasteiger partial charge in [-0.3, -0.25) is 4.79 Å². The zero-order valence-electron chi connectivity index (χ0n) is 20.8. The molecule has 0 unspecified atom stereocenters. The number of halogens is 12. The van der Waals surface area contributed by atoms with Crippen LogP contribution in [0.25, 0.3) is 0 Å². The Morgan fingerprint density at radius 1 is 0.795 bits per heavy atom. The van der Waals surface area contributed by atoms with Gasteiger partial charge in [0.2, 0.25) is 0 Å². The van der Waals surface area contributed by atoms with Crippen LogP contribution in [0.2, 0.25) is 0 Å². The molecule has 1 fully saturated rings. The number of rotatable bonds is 12. The van der Waals surface area contributed by atoms with E-state index in [1.54, 1.807) is 0 Å². The van der Waals surface area contributed by atoms with Gasteiger partial charge in [-0.05, 0) is 56.2 Å². The highest BCUT2D eigenvalue weighted by atomic mass is 19.4. The topological polar surface area (TPSA) is 26.3 Å². The predicted molar refractivity (Wildman–Crippen MR) is 116 cm³/mol. The zero-order chi connectivity index (χ0) is 29.9. The molecule has 0 bridgehead atoms. The van der Waals surface area contributed by atoms with Gasteiger partial charge in [-0.15, -0.1) is 0 Å². The number of alkyl halides is 11. The number of benzene rings is 1. The van der Waals surface area contributed by atoms with E-state index in [9.17, 15) is 57.5 Å². The van der Waals surface area contributed by atoms with Crippen molar-refractivity contribution in [3.8, 4) is 5.75 Å². The quantitative estimate of drug-likeness (QED) is 0.105. The molecule has 1 aliphatic carbocycles. The van der Waals surface area contributed by atoms with E-state index >= 15 is 0 Å². The molecule has 2 nitrogen and oxygen atoms in total. The smallest absolute Gasteiger partial charge is 0.423 e. The van der Waals surface area contributed by atoms with Crippen LogP contribution >= 0.6 is 0 Å². The molecule has 1 aromatic rings. The summed E-state index contributed by atoms with van der Waals surface area (Å²) in [7, 11) is 0. The van der Waals surface area contributed by atoms with Gasteiger partial charge in [-0.1, -0.05) is 38.7 Å². The van der Waals surface area contributed by atoms with Crippen molar-refractivity contribution in [2.75, 3.05) is 0 Å². The van der Waals surface area contributed by atoms with Crippen molar-refractivity contribution in [2.24, 2.45) is 11.8 Å². The van der Waals surface area contributed by atoms with Gasteiger partial charge >= 0.3 is 35.8 Å². The third kappa shape index (κ3) is 6.78. The summed E-state index contributed by atoms with van der Waals surface area (Å²) in [6.07, 6.45) is -5.22. The molecule has 0 N–H and O–H groups in total. The van der Waals surface area contributed by atoms with Crippen LogP contribution in [0.4, 0.5) is 52.7 Å². The van der Waals surface area contributed by atoms with Gasteiger partial charge in [0.15, 0.2) is 11.6 Å². The van der Waals surface area contributed by atoms with Gasteiger partial charge in [0.25, 0.3) is 0 Å². The Hall–Kier alpha value is -2.15. The normalized spacial score (nSPS) is 19.7. The fourth-order valence-electron chi connectivity index (χ4n) is 4.44. The van der Waals surface area contributed by atoms with Crippen molar-refractivity contribution in [3.63, 3.8) is 0 Å². The molecule has 224 valence electrons. The summed E-state index contributed by atoms with van der Waals surface area (Å²) in [5.41, 5.74) is 0.639. The van der Waals surface area contributed by atoms with Crippen molar-refractivity contribution in [2.45, 2.75) is 101 Å². The van der Waals surface area contributed by atoms with Gasteiger partial charge in [0.1, 0.15) is 0 Å². The van der Waals surface area contributed by atoms with Crippen LogP contribution in [0, 0.1) is 17.7 Å². The number of aryl methyl sites for hydroxylation is 1. The highest BCUT2D eigenvalue weighted by molar-refractivity contribution is 5.75. The van der Waals surface area contributed by atoms with Crippen LogP contribution in [0.15, 0.2) is 18.2 Å². The van der Waals surface area contributed by atoms with E-state index in [2.05, 4.69) is 6.92 Å². The molecule has 39 heavy (non-hydrogen) atoms. The third-order valence-electron chi connectivity index (χ3n) is 6.91. The molecule has 0 saturated heterocycles. The zero-order valence-corrected chi connectivity index (χ0v) is 20.8. The first-order valence-corrected chi connectivity index (χ1v) is 12.4. The molecule has 0 aromatic heterocycles. The monoisotopic (exact) mass is 588 g/mol. The Bertz CT molecular complexity index is 966. The lowest BCUT2D eigenvalue weighted by atomic mass is 9.76. The van der Waals surface area contributed by atoms with E-state index in [0.29, 0.717) is 12.0 Å². The molecule has 1 aromatic carbocycles. The van der Waals surface area contributed by atoms with Crippen molar-refractivity contribution in [1.29, 1.82) is 0 Å². The second-order valence-electron chi connectivity index (χ2n) is 9.74. The maximum absolute atomic E-state index is 14.4. The average Bonchev–Trinajstić information content (AvgIpc) is 2.84. The summed E-state index contributed by atoms with van der Waals surface area (Å²) < 4.78 is 166. The van der Waals surface area contributed by atoms with Gasteiger partial charge in [-0.2, -0.15) is 48.3 Å². The molecule has 0 aliphatic heterocycles. The number of carbonyl (C=O) groups is 1. The Balaban J connectivity index is 2.01. The van der Waals surface area contributed by atoms with Crippen molar-refractivity contribution in [3.05, 3.63) is 29.6 Å². The molecule has 0 amide bonds. The lowest BCUT2D eigenvalue weighted by molar-refractivity contribution is -0.427. The highest BCUT2D eigenvalue weighted by Gasteiger charge is 2.87. The van der Waals surface area contributed by atoms with Crippen LogP contribution in [-0.2, 0) is 11.2 Å². The molecule has 1 aliphatic rings. The van der Waals surface area contributed by atoms with Crippen molar-refractivity contribution < 1.29 is 62.2 Å². The van der Waals surface area contributed by atoms with E-state index < -0.39 is 84.9 Å². The van der Waals surface area contributed by atoms with E-state index in [0.717, 1.165) is 38.2 Å². The number of ether oxygens (including phenoxy) is 1. The van der Waals surface area contributed by atoms with Crippen molar-refractivity contribution >= 4 is 5.97 Å². The number of unbranched alkanes of at least 4 members (excludes halogenated alkanes) is 4. The van der Waals surface area contributed by atoms with Crippen LogP contribution < -0.4 is 4.74 Å². The lowest BCUT2D eigenvalue weighted by Crippen LogP contribution is -2.67. The summed E-state index contributed by atoms with van der Waals surface area (Å²) in [4.78, 5) is 12.4. The molecule has 0 atom stereocenters. The van der Waals surface area contributed by atoms with Gasteiger partial charge in [0, 0.05) is 5.92 Å². The first-order valence-electron chi connectivity index (χ1n) is 12.4. The van der Waals surface area contributed by atoms with E-state index in [4.69, 9.17) is 4.74 Å². The third-order valence-corrected chi connectivity index (χ3v) is 6.91. The summed E-state index contributed by atoms with van der Waals surface area (Å²) in [5.74, 6) is -34.4. The second-order valence-corrected chi connectivity index (χ2v) is 9.74. The number of hydrogen-bond donors (Lipinski definition) is 0. The second kappa shape index (κ2) is 12.2. The SMILES string of the molecule is CCCCCCCc1ccc(OC(=O)[C@H]2CC[C@H](C(F)(F)C(F)(F)C(F)(F)C(F)(F)C(F)(F)F)CC2)c(F)c1. The first kappa shape index (κ1) is 33.1.